The summed E-state index contributed by atoms with van der Waals surface area (Å²) in [7, 11) is 1.55. The molecule has 0 N–H and O–H groups in total. The van der Waals surface area contributed by atoms with Crippen LogP contribution in [0.4, 0.5) is 0 Å². The maximum Gasteiger partial charge on any atom is 0.191 e. The lowest BCUT2D eigenvalue weighted by atomic mass is 10.2. The Balaban J connectivity index is 2.14. The molecule has 4 nitrogen and oxygen atoms in total. The fraction of sp³-hybridized carbons (Fsp3) is 0.333. The van der Waals surface area contributed by atoms with Crippen molar-refractivity contribution in [3.05, 3.63) is 36.4 Å². The third-order valence-corrected chi connectivity index (χ3v) is 1.79. The molecule has 1 aromatic rings. The second-order valence-corrected chi connectivity index (χ2v) is 2.97. The number of hydrogen-bond acceptors (Lipinski definition) is 4. The summed E-state index contributed by atoms with van der Waals surface area (Å²) in [5.41, 5.74) is 1.05. The van der Waals surface area contributed by atoms with Crippen LogP contribution in [0.2, 0.25) is 0 Å². The van der Waals surface area contributed by atoms with Crippen molar-refractivity contribution in [2.24, 2.45) is 0 Å². The van der Waals surface area contributed by atoms with E-state index in [9.17, 15) is 0 Å². The van der Waals surface area contributed by atoms with E-state index >= 15 is 0 Å². The molecule has 0 aliphatic rings. The molecule has 0 radical (unpaired) electrons. The molecular formula is C12H16O4. The quantitative estimate of drug-likeness (QED) is 0.501. The van der Waals surface area contributed by atoms with Crippen LogP contribution >= 0.6 is 0 Å². The first-order valence-electron chi connectivity index (χ1n) is 4.86. The molecule has 0 spiro atoms. The molecule has 0 atom stereocenters. The van der Waals surface area contributed by atoms with Gasteiger partial charge in [-0.15, -0.1) is 0 Å². The Hall–Kier alpha value is -1.36. The average molecular weight is 224 g/mol. The zero-order valence-electron chi connectivity index (χ0n) is 9.35. The Bertz CT molecular complexity index is 294. The third-order valence-electron chi connectivity index (χ3n) is 1.79. The summed E-state index contributed by atoms with van der Waals surface area (Å²) >= 11 is 0. The van der Waals surface area contributed by atoms with Crippen molar-refractivity contribution < 1.29 is 18.9 Å². The predicted molar refractivity (Wildman–Crippen MR) is 60.9 cm³/mol. The van der Waals surface area contributed by atoms with Gasteiger partial charge in [0.25, 0.3) is 0 Å². The van der Waals surface area contributed by atoms with Crippen molar-refractivity contribution in [3.63, 3.8) is 0 Å². The van der Waals surface area contributed by atoms with E-state index in [2.05, 4.69) is 11.3 Å². The molecule has 16 heavy (non-hydrogen) atoms. The molecule has 0 saturated heterocycles. The van der Waals surface area contributed by atoms with Gasteiger partial charge in [0.1, 0.15) is 12.5 Å². The van der Waals surface area contributed by atoms with E-state index < -0.39 is 0 Å². The Labute approximate surface area is 95.4 Å². The van der Waals surface area contributed by atoms with Gasteiger partial charge in [-0.25, -0.2) is 0 Å². The van der Waals surface area contributed by atoms with E-state index in [4.69, 9.17) is 14.2 Å². The van der Waals surface area contributed by atoms with Gasteiger partial charge in [-0.3, -0.25) is 0 Å². The van der Waals surface area contributed by atoms with Gasteiger partial charge in [0, 0.05) is 7.11 Å². The molecule has 0 bridgehead atoms. The van der Waals surface area contributed by atoms with E-state index in [-0.39, 0.29) is 20.4 Å². The molecular weight excluding hydrogens is 208 g/mol. The lowest BCUT2D eigenvalue weighted by molar-refractivity contribution is -0.145. The molecule has 1 aromatic carbocycles. The Morgan fingerprint density at radius 3 is 2.38 bits per heavy atom. The minimum absolute atomic E-state index is 0.150. The second-order valence-electron chi connectivity index (χ2n) is 2.97. The van der Waals surface area contributed by atoms with Crippen LogP contribution in [-0.4, -0.2) is 27.5 Å². The van der Waals surface area contributed by atoms with Gasteiger partial charge in [0.15, 0.2) is 13.6 Å². The van der Waals surface area contributed by atoms with Crippen molar-refractivity contribution in [3.8, 4) is 5.75 Å². The number of hydrogen-bond donors (Lipinski definition) is 0. The molecule has 0 unspecified atom stereocenters. The molecule has 0 amide bonds. The number of rotatable bonds is 8. The van der Waals surface area contributed by atoms with E-state index in [1.807, 2.05) is 24.3 Å². The molecule has 0 saturated carbocycles. The highest BCUT2D eigenvalue weighted by Crippen LogP contribution is 2.12. The minimum atomic E-state index is 0.150. The number of benzene rings is 1. The van der Waals surface area contributed by atoms with Crippen LogP contribution in [0.25, 0.3) is 6.08 Å². The zero-order chi connectivity index (χ0) is 11.6. The SMILES string of the molecule is C=Cc1ccc(OCOCOCOC)cc1. The highest BCUT2D eigenvalue weighted by Gasteiger charge is 1.93. The smallest absolute Gasteiger partial charge is 0.191 e. The zero-order valence-corrected chi connectivity index (χ0v) is 9.35. The summed E-state index contributed by atoms with van der Waals surface area (Å²) in [5, 5.41) is 0. The molecule has 0 heterocycles. The molecule has 0 aliphatic heterocycles. The van der Waals surface area contributed by atoms with E-state index in [1.54, 1.807) is 13.2 Å². The maximum atomic E-state index is 5.31. The van der Waals surface area contributed by atoms with Crippen LogP contribution in [0.5, 0.6) is 5.75 Å². The second kappa shape index (κ2) is 7.87. The first kappa shape index (κ1) is 12.7. The lowest BCUT2D eigenvalue weighted by Gasteiger charge is -2.07. The summed E-state index contributed by atoms with van der Waals surface area (Å²) in [4.78, 5) is 0. The van der Waals surface area contributed by atoms with E-state index in [0.717, 1.165) is 11.3 Å². The molecule has 88 valence electrons. The summed E-state index contributed by atoms with van der Waals surface area (Å²) in [6.45, 7) is 4.19. The van der Waals surface area contributed by atoms with Crippen molar-refractivity contribution in [1.29, 1.82) is 0 Å². The van der Waals surface area contributed by atoms with Crippen LogP contribution in [0.1, 0.15) is 5.56 Å². The molecule has 0 aromatic heterocycles. The van der Waals surface area contributed by atoms with Gasteiger partial charge >= 0.3 is 0 Å². The summed E-state index contributed by atoms with van der Waals surface area (Å²) in [6, 6.07) is 7.56. The number of methoxy groups -OCH3 is 1. The summed E-state index contributed by atoms with van der Waals surface area (Å²) < 4.78 is 20.0. The maximum absolute atomic E-state index is 5.31. The van der Waals surface area contributed by atoms with Gasteiger partial charge in [-0.1, -0.05) is 24.8 Å². The topological polar surface area (TPSA) is 36.9 Å². The first-order chi connectivity index (χ1) is 7.86. The van der Waals surface area contributed by atoms with Crippen molar-refractivity contribution in [2.45, 2.75) is 0 Å². The van der Waals surface area contributed by atoms with Crippen LogP contribution < -0.4 is 4.74 Å². The monoisotopic (exact) mass is 224 g/mol. The molecule has 0 aliphatic carbocycles. The highest BCUT2D eigenvalue weighted by molar-refractivity contribution is 5.48. The first-order valence-corrected chi connectivity index (χ1v) is 4.86. The third kappa shape index (κ3) is 4.93. The van der Waals surface area contributed by atoms with Crippen LogP contribution in [0, 0.1) is 0 Å². The minimum Gasteiger partial charge on any atom is -0.467 e. The van der Waals surface area contributed by atoms with Gasteiger partial charge in [-0.2, -0.15) is 0 Å². The van der Waals surface area contributed by atoms with Crippen molar-refractivity contribution in [1.82, 2.24) is 0 Å². The van der Waals surface area contributed by atoms with Gasteiger partial charge in [0.05, 0.1) is 0 Å². The van der Waals surface area contributed by atoms with Gasteiger partial charge in [0.2, 0.25) is 0 Å². The van der Waals surface area contributed by atoms with Crippen LogP contribution in [0.3, 0.4) is 0 Å². The fourth-order valence-electron chi connectivity index (χ4n) is 1.02. The Kier molecular flexibility index (Phi) is 6.25. The molecule has 4 heteroatoms. The Morgan fingerprint density at radius 1 is 1.06 bits per heavy atom. The van der Waals surface area contributed by atoms with Crippen molar-refractivity contribution >= 4 is 6.08 Å². The average Bonchev–Trinajstić information content (AvgIpc) is 2.34. The standard InChI is InChI=1S/C12H16O4/c1-3-11-4-6-12(7-5-11)16-10-15-9-14-8-13-2/h3-7H,1,8-10H2,2H3. The van der Waals surface area contributed by atoms with Crippen LogP contribution in [-0.2, 0) is 14.2 Å². The predicted octanol–water partition coefficient (Wildman–Crippen LogP) is 2.26. The molecule has 1 rings (SSSR count). The summed E-state index contributed by atoms with van der Waals surface area (Å²) in [6.07, 6.45) is 1.78. The van der Waals surface area contributed by atoms with E-state index in [0.29, 0.717) is 0 Å². The Morgan fingerprint density at radius 2 is 1.75 bits per heavy atom. The lowest BCUT2D eigenvalue weighted by Crippen LogP contribution is -2.07. The van der Waals surface area contributed by atoms with Crippen LogP contribution in [0.15, 0.2) is 30.8 Å². The van der Waals surface area contributed by atoms with Gasteiger partial charge in [-0.05, 0) is 17.7 Å². The van der Waals surface area contributed by atoms with Gasteiger partial charge < -0.3 is 18.9 Å². The largest absolute Gasteiger partial charge is 0.467 e. The van der Waals surface area contributed by atoms with Crippen molar-refractivity contribution in [2.75, 3.05) is 27.5 Å². The highest BCUT2D eigenvalue weighted by atomic mass is 16.8. The normalized spacial score (nSPS) is 10.1. The molecule has 0 fully saturated rings. The van der Waals surface area contributed by atoms with E-state index in [1.165, 1.54) is 0 Å². The number of ether oxygens (including phenoxy) is 4. The fourth-order valence-corrected chi connectivity index (χ4v) is 1.02. The summed E-state index contributed by atoms with van der Waals surface area (Å²) in [5.74, 6) is 0.748.